The van der Waals surface area contributed by atoms with Gasteiger partial charge in [0.25, 0.3) is 0 Å². The first-order valence-electron chi connectivity index (χ1n) is 6.07. The fraction of sp³-hybridized carbons (Fsp3) is 0.250. The topological polar surface area (TPSA) is 93.4 Å². The van der Waals surface area contributed by atoms with Gasteiger partial charge in [-0.2, -0.15) is 8.75 Å². The van der Waals surface area contributed by atoms with E-state index in [0.29, 0.717) is 31.2 Å². The summed E-state index contributed by atoms with van der Waals surface area (Å²) in [5.41, 5.74) is 7.31. The van der Waals surface area contributed by atoms with Gasteiger partial charge < -0.3 is 15.4 Å². The first-order chi connectivity index (χ1) is 9.72. The minimum atomic E-state index is -0.217. The smallest absolute Gasteiger partial charge is 0.323 e. The summed E-state index contributed by atoms with van der Waals surface area (Å²) in [6, 6.07) is 5.24. The number of hydrogen-bond donors (Lipinski definition) is 2. The van der Waals surface area contributed by atoms with Crippen molar-refractivity contribution in [1.82, 2.24) is 13.6 Å². The highest BCUT2D eigenvalue weighted by Gasteiger charge is 2.20. The molecule has 2 amide bonds. The van der Waals surface area contributed by atoms with Gasteiger partial charge in [0.15, 0.2) is 5.82 Å². The molecule has 2 heterocycles. The van der Waals surface area contributed by atoms with Crippen LogP contribution in [0.4, 0.5) is 16.3 Å². The van der Waals surface area contributed by atoms with Crippen molar-refractivity contribution in [3.8, 4) is 5.75 Å². The molecule has 0 saturated heterocycles. The zero-order chi connectivity index (χ0) is 13.9. The summed E-state index contributed by atoms with van der Waals surface area (Å²) in [4.78, 5) is 13.8. The largest absolute Gasteiger partial charge is 0.491 e. The minimum Gasteiger partial charge on any atom is -0.491 e. The van der Waals surface area contributed by atoms with Gasteiger partial charge in [0.05, 0.1) is 31.0 Å². The van der Waals surface area contributed by atoms with E-state index in [4.69, 9.17) is 10.5 Å². The first kappa shape index (κ1) is 12.7. The number of carbonyl (C=O) groups is 1. The predicted molar refractivity (Wildman–Crippen MR) is 75.7 cm³/mol. The number of hydrogen-bond acceptors (Lipinski definition) is 6. The van der Waals surface area contributed by atoms with Crippen LogP contribution in [0.15, 0.2) is 24.4 Å². The number of rotatable bonds is 1. The fourth-order valence-corrected chi connectivity index (χ4v) is 2.34. The van der Waals surface area contributed by atoms with Crippen molar-refractivity contribution in [2.45, 2.75) is 6.54 Å². The molecule has 104 valence electrons. The third-order valence-electron chi connectivity index (χ3n) is 2.95. The first-order valence-corrected chi connectivity index (χ1v) is 6.80. The van der Waals surface area contributed by atoms with E-state index in [2.05, 4.69) is 14.1 Å². The second kappa shape index (κ2) is 5.33. The molecule has 7 nitrogen and oxygen atoms in total. The number of nitrogens with zero attached hydrogens (tertiary/aromatic N) is 3. The standard InChI is InChI=1S/C12H13N5O2S/c13-9-2-1-8-7-17(3-4-19-10(8)5-9)12(18)15-11-6-14-20-16-11/h1-2,5-6H,3-4,7,13H2,(H,15,16,18). The van der Waals surface area contributed by atoms with Crippen molar-refractivity contribution in [3.05, 3.63) is 30.0 Å². The van der Waals surface area contributed by atoms with Gasteiger partial charge >= 0.3 is 6.03 Å². The lowest BCUT2D eigenvalue weighted by Crippen LogP contribution is -2.36. The average Bonchev–Trinajstić information content (AvgIpc) is 2.83. The molecule has 0 spiro atoms. The van der Waals surface area contributed by atoms with Crippen LogP contribution in [0.1, 0.15) is 5.56 Å². The zero-order valence-electron chi connectivity index (χ0n) is 10.6. The number of aromatic nitrogens is 2. The third-order valence-corrected chi connectivity index (χ3v) is 3.43. The molecule has 1 aliphatic heterocycles. The Morgan fingerprint density at radius 2 is 2.40 bits per heavy atom. The number of fused-ring (bicyclic) bond motifs is 1. The number of nitrogens with two attached hydrogens (primary N) is 1. The highest BCUT2D eigenvalue weighted by atomic mass is 32.1. The summed E-state index contributed by atoms with van der Waals surface area (Å²) in [6.07, 6.45) is 1.52. The van der Waals surface area contributed by atoms with Gasteiger partial charge in [0.1, 0.15) is 12.4 Å². The molecule has 1 aliphatic rings. The molecular formula is C12H13N5O2S. The van der Waals surface area contributed by atoms with Gasteiger partial charge in [0, 0.05) is 17.3 Å². The highest BCUT2D eigenvalue weighted by Crippen LogP contribution is 2.25. The third kappa shape index (κ3) is 2.64. The van der Waals surface area contributed by atoms with E-state index in [1.54, 1.807) is 17.0 Å². The van der Waals surface area contributed by atoms with Gasteiger partial charge in [-0.25, -0.2) is 4.79 Å². The van der Waals surface area contributed by atoms with E-state index in [-0.39, 0.29) is 6.03 Å². The SMILES string of the molecule is Nc1ccc2c(c1)OCCN(C(=O)Nc1cnsn1)C2. The van der Waals surface area contributed by atoms with E-state index in [1.807, 2.05) is 6.07 Å². The molecule has 1 aromatic heterocycles. The molecular weight excluding hydrogens is 278 g/mol. The van der Waals surface area contributed by atoms with E-state index in [0.717, 1.165) is 23.0 Å². The number of urea groups is 1. The lowest BCUT2D eigenvalue weighted by molar-refractivity contribution is 0.200. The molecule has 20 heavy (non-hydrogen) atoms. The van der Waals surface area contributed by atoms with E-state index < -0.39 is 0 Å². The van der Waals surface area contributed by atoms with Crippen molar-refractivity contribution in [1.29, 1.82) is 0 Å². The molecule has 3 N–H and O–H groups in total. The van der Waals surface area contributed by atoms with Gasteiger partial charge in [-0.05, 0) is 6.07 Å². The normalized spacial score (nSPS) is 14.1. The second-order valence-corrected chi connectivity index (χ2v) is 4.92. The van der Waals surface area contributed by atoms with E-state index in [9.17, 15) is 4.79 Å². The van der Waals surface area contributed by atoms with Crippen molar-refractivity contribution in [3.63, 3.8) is 0 Å². The lowest BCUT2D eigenvalue weighted by Gasteiger charge is -2.19. The summed E-state index contributed by atoms with van der Waals surface area (Å²) < 4.78 is 13.4. The maximum atomic E-state index is 12.2. The summed E-state index contributed by atoms with van der Waals surface area (Å²) in [7, 11) is 0. The number of benzene rings is 1. The molecule has 0 fully saturated rings. The zero-order valence-corrected chi connectivity index (χ0v) is 11.4. The molecule has 0 unspecified atom stereocenters. The van der Waals surface area contributed by atoms with Crippen molar-refractivity contribution in [2.75, 3.05) is 24.2 Å². The van der Waals surface area contributed by atoms with Crippen molar-refractivity contribution < 1.29 is 9.53 Å². The second-order valence-electron chi connectivity index (χ2n) is 4.36. The van der Waals surface area contributed by atoms with Crippen LogP contribution in [0.5, 0.6) is 5.75 Å². The lowest BCUT2D eigenvalue weighted by atomic mass is 10.2. The van der Waals surface area contributed by atoms with Crippen molar-refractivity contribution >= 4 is 29.3 Å². The molecule has 0 radical (unpaired) electrons. The molecule has 8 heteroatoms. The molecule has 1 aromatic carbocycles. The number of nitrogens with one attached hydrogen (secondary N) is 1. The Morgan fingerprint density at radius 1 is 1.50 bits per heavy atom. The number of ether oxygens (including phenoxy) is 1. The van der Waals surface area contributed by atoms with Crippen molar-refractivity contribution in [2.24, 2.45) is 0 Å². The van der Waals surface area contributed by atoms with Gasteiger partial charge in [-0.15, -0.1) is 0 Å². The number of nitrogen functional groups attached to an aromatic ring is 1. The molecule has 0 aliphatic carbocycles. The Bertz CT molecular complexity index is 616. The van der Waals surface area contributed by atoms with E-state index >= 15 is 0 Å². The Labute approximate surface area is 119 Å². The summed E-state index contributed by atoms with van der Waals surface area (Å²) in [6.45, 7) is 1.40. The van der Waals surface area contributed by atoms with Crippen LogP contribution in [-0.2, 0) is 6.54 Å². The molecule has 0 bridgehead atoms. The molecule has 3 rings (SSSR count). The fourth-order valence-electron chi connectivity index (χ4n) is 1.97. The Hall–Kier alpha value is -2.35. The maximum Gasteiger partial charge on any atom is 0.323 e. The molecule has 0 atom stereocenters. The number of carbonyl (C=O) groups excluding carboxylic acids is 1. The summed E-state index contributed by atoms with van der Waals surface area (Å²) >= 11 is 1.05. The Kier molecular flexibility index (Phi) is 3.38. The van der Waals surface area contributed by atoms with Crippen LogP contribution in [0.2, 0.25) is 0 Å². The van der Waals surface area contributed by atoms with Crippen LogP contribution >= 0.6 is 11.7 Å². The van der Waals surface area contributed by atoms with Gasteiger partial charge in [0.2, 0.25) is 0 Å². The quantitative estimate of drug-likeness (QED) is 0.777. The summed E-state index contributed by atoms with van der Waals surface area (Å²) in [5.74, 6) is 1.19. The Morgan fingerprint density at radius 3 is 3.20 bits per heavy atom. The number of amides is 2. The minimum absolute atomic E-state index is 0.217. The maximum absolute atomic E-state index is 12.2. The molecule has 2 aromatic rings. The summed E-state index contributed by atoms with van der Waals surface area (Å²) in [5, 5.41) is 2.71. The van der Waals surface area contributed by atoms with Crippen LogP contribution in [0.25, 0.3) is 0 Å². The molecule has 0 saturated carbocycles. The van der Waals surface area contributed by atoms with Gasteiger partial charge in [-0.3, -0.25) is 5.32 Å². The monoisotopic (exact) mass is 291 g/mol. The van der Waals surface area contributed by atoms with Crippen LogP contribution < -0.4 is 15.8 Å². The predicted octanol–water partition coefficient (Wildman–Crippen LogP) is 1.55. The van der Waals surface area contributed by atoms with E-state index in [1.165, 1.54) is 6.20 Å². The van der Waals surface area contributed by atoms with Crippen LogP contribution in [0.3, 0.4) is 0 Å². The highest BCUT2D eigenvalue weighted by molar-refractivity contribution is 6.99. The van der Waals surface area contributed by atoms with Crippen LogP contribution in [-0.4, -0.2) is 32.8 Å². The van der Waals surface area contributed by atoms with Crippen LogP contribution in [0, 0.1) is 0 Å². The van der Waals surface area contributed by atoms with Gasteiger partial charge in [-0.1, -0.05) is 6.07 Å². The Balaban J connectivity index is 1.75. The number of anilines is 2. The average molecular weight is 291 g/mol.